The maximum atomic E-state index is 12.2. The van der Waals surface area contributed by atoms with Crippen molar-refractivity contribution in [2.45, 2.75) is 25.1 Å². The number of H-pyrrole nitrogens is 2. The van der Waals surface area contributed by atoms with Crippen molar-refractivity contribution in [2.24, 2.45) is 0 Å². The number of benzene rings is 1. The lowest BCUT2D eigenvalue weighted by Crippen LogP contribution is -2.14. The highest BCUT2D eigenvalue weighted by Gasteiger charge is 2.13. The third-order valence-electron chi connectivity index (χ3n) is 3.29. The second kappa shape index (κ2) is 6.92. The van der Waals surface area contributed by atoms with E-state index in [9.17, 15) is 9.59 Å². The first-order valence-electron chi connectivity index (χ1n) is 7.53. The quantitative estimate of drug-likeness (QED) is 0.422. The van der Waals surface area contributed by atoms with E-state index in [1.807, 2.05) is 30.3 Å². The standard InChI is InChI=1S/C17H17N3O3S/c1-10(2)23-13(21)9-24-17-19-14-12(11-6-4-3-5-7-11)8-18-15(14)16(22)20-17/h3-8,10,18H,9H2,1-2H3,(H,19,20,22). The SMILES string of the molecule is CC(C)OC(=O)CSc1nc2c(-c3ccccc3)c[nH]c2c(=O)[nH]1. The monoisotopic (exact) mass is 343 g/mol. The van der Waals surface area contributed by atoms with Gasteiger partial charge in [0, 0.05) is 11.8 Å². The number of carbonyl (C=O) groups is 1. The predicted molar refractivity (Wildman–Crippen MR) is 94.1 cm³/mol. The van der Waals surface area contributed by atoms with Gasteiger partial charge < -0.3 is 9.72 Å². The summed E-state index contributed by atoms with van der Waals surface area (Å²) in [4.78, 5) is 34.0. The number of ether oxygens (including phenoxy) is 1. The van der Waals surface area contributed by atoms with Crippen LogP contribution < -0.4 is 5.56 Å². The molecule has 0 aliphatic carbocycles. The lowest BCUT2D eigenvalue weighted by Gasteiger charge is -2.07. The van der Waals surface area contributed by atoms with Gasteiger partial charge in [0.05, 0.1) is 11.9 Å². The van der Waals surface area contributed by atoms with Crippen LogP contribution in [0.25, 0.3) is 22.2 Å². The van der Waals surface area contributed by atoms with Crippen molar-refractivity contribution in [3.63, 3.8) is 0 Å². The van der Waals surface area contributed by atoms with Crippen LogP contribution in [0, 0.1) is 0 Å². The highest BCUT2D eigenvalue weighted by Crippen LogP contribution is 2.26. The van der Waals surface area contributed by atoms with Gasteiger partial charge in [-0.1, -0.05) is 42.1 Å². The molecule has 0 unspecified atom stereocenters. The Balaban J connectivity index is 1.91. The van der Waals surface area contributed by atoms with Gasteiger partial charge in [-0.2, -0.15) is 0 Å². The summed E-state index contributed by atoms with van der Waals surface area (Å²) in [6.45, 7) is 3.58. The van der Waals surface area contributed by atoms with E-state index in [2.05, 4.69) is 15.0 Å². The molecule has 1 aromatic carbocycles. The van der Waals surface area contributed by atoms with Crippen LogP contribution in [0.15, 0.2) is 46.5 Å². The number of hydrogen-bond acceptors (Lipinski definition) is 5. The molecule has 0 atom stereocenters. The topological polar surface area (TPSA) is 87.8 Å². The minimum atomic E-state index is -0.338. The molecule has 2 heterocycles. The van der Waals surface area contributed by atoms with Crippen LogP contribution in [0.3, 0.4) is 0 Å². The molecule has 7 heteroatoms. The van der Waals surface area contributed by atoms with Gasteiger partial charge in [-0.15, -0.1) is 0 Å². The Hall–Kier alpha value is -2.54. The molecule has 0 saturated carbocycles. The predicted octanol–water partition coefficient (Wildman–Crippen LogP) is 2.96. The summed E-state index contributed by atoms with van der Waals surface area (Å²) in [6.07, 6.45) is 1.60. The van der Waals surface area contributed by atoms with E-state index >= 15 is 0 Å². The number of esters is 1. The molecule has 0 spiro atoms. The van der Waals surface area contributed by atoms with Crippen LogP contribution in [-0.2, 0) is 9.53 Å². The smallest absolute Gasteiger partial charge is 0.316 e. The number of rotatable bonds is 5. The van der Waals surface area contributed by atoms with Crippen LogP contribution in [0.1, 0.15) is 13.8 Å². The van der Waals surface area contributed by atoms with E-state index in [4.69, 9.17) is 4.74 Å². The first-order chi connectivity index (χ1) is 11.5. The van der Waals surface area contributed by atoms with Gasteiger partial charge in [-0.25, -0.2) is 4.98 Å². The molecule has 0 radical (unpaired) electrons. The fraction of sp³-hybridized carbons (Fsp3) is 0.235. The average Bonchev–Trinajstić information content (AvgIpc) is 2.97. The highest BCUT2D eigenvalue weighted by atomic mass is 32.2. The number of hydrogen-bond donors (Lipinski definition) is 2. The van der Waals surface area contributed by atoms with Crippen LogP contribution >= 0.6 is 11.8 Å². The van der Waals surface area contributed by atoms with Gasteiger partial charge in [0.15, 0.2) is 5.16 Å². The summed E-state index contributed by atoms with van der Waals surface area (Å²) in [5.41, 5.74) is 2.56. The van der Waals surface area contributed by atoms with Crippen LogP contribution in [0.4, 0.5) is 0 Å². The highest BCUT2D eigenvalue weighted by molar-refractivity contribution is 7.99. The second-order valence-corrected chi connectivity index (χ2v) is 6.45. The largest absolute Gasteiger partial charge is 0.462 e. The van der Waals surface area contributed by atoms with Crippen molar-refractivity contribution < 1.29 is 9.53 Å². The average molecular weight is 343 g/mol. The molecule has 0 aliphatic heterocycles. The third-order valence-corrected chi connectivity index (χ3v) is 4.14. The maximum Gasteiger partial charge on any atom is 0.316 e. The van der Waals surface area contributed by atoms with Crippen LogP contribution in [0.2, 0.25) is 0 Å². The molecule has 0 amide bonds. The molecular weight excluding hydrogens is 326 g/mol. The van der Waals surface area contributed by atoms with E-state index in [1.165, 1.54) is 0 Å². The molecule has 2 N–H and O–H groups in total. The van der Waals surface area contributed by atoms with E-state index in [-0.39, 0.29) is 23.4 Å². The molecule has 0 bridgehead atoms. The Morgan fingerprint density at radius 1 is 1.29 bits per heavy atom. The molecule has 3 rings (SSSR count). The zero-order valence-corrected chi connectivity index (χ0v) is 14.1. The zero-order valence-electron chi connectivity index (χ0n) is 13.3. The Bertz CT molecular complexity index is 916. The number of nitrogens with zero attached hydrogens (tertiary/aromatic N) is 1. The first kappa shape index (κ1) is 16.3. The molecule has 0 fully saturated rings. The maximum absolute atomic E-state index is 12.2. The van der Waals surface area contributed by atoms with Crippen LogP contribution in [-0.4, -0.2) is 32.8 Å². The summed E-state index contributed by atoms with van der Waals surface area (Å²) in [5.74, 6) is -0.243. The van der Waals surface area contributed by atoms with Crippen molar-refractivity contribution in [3.05, 3.63) is 46.9 Å². The molecule has 2 aromatic heterocycles. The number of thioether (sulfide) groups is 1. The van der Waals surface area contributed by atoms with Crippen LogP contribution in [0.5, 0.6) is 0 Å². The van der Waals surface area contributed by atoms with Crippen molar-refractivity contribution in [1.82, 2.24) is 15.0 Å². The fourth-order valence-corrected chi connectivity index (χ4v) is 2.97. The van der Waals surface area contributed by atoms with Crippen molar-refractivity contribution in [2.75, 3.05) is 5.75 Å². The molecule has 24 heavy (non-hydrogen) atoms. The van der Waals surface area contributed by atoms with Crippen molar-refractivity contribution >= 4 is 28.8 Å². The number of aromatic amines is 2. The molecule has 3 aromatic rings. The molecule has 124 valence electrons. The van der Waals surface area contributed by atoms with Gasteiger partial charge >= 0.3 is 5.97 Å². The summed E-state index contributed by atoms with van der Waals surface area (Å²) < 4.78 is 5.08. The Morgan fingerprint density at radius 3 is 2.75 bits per heavy atom. The Kier molecular flexibility index (Phi) is 4.71. The van der Waals surface area contributed by atoms with E-state index in [0.717, 1.165) is 22.9 Å². The fourth-order valence-electron chi connectivity index (χ4n) is 2.32. The zero-order chi connectivity index (χ0) is 17.1. The van der Waals surface area contributed by atoms with Gasteiger partial charge in [0.25, 0.3) is 5.56 Å². The second-order valence-electron chi connectivity index (χ2n) is 5.49. The summed E-state index contributed by atoms with van der Waals surface area (Å²) in [6, 6.07) is 9.70. The number of fused-ring (bicyclic) bond motifs is 1. The summed E-state index contributed by atoms with van der Waals surface area (Å²) in [7, 11) is 0. The van der Waals surface area contributed by atoms with E-state index in [0.29, 0.717) is 16.2 Å². The van der Waals surface area contributed by atoms with Crippen molar-refractivity contribution in [1.29, 1.82) is 0 Å². The Labute approximate surface area is 142 Å². The minimum Gasteiger partial charge on any atom is -0.462 e. The van der Waals surface area contributed by atoms with Gasteiger partial charge in [0.1, 0.15) is 11.0 Å². The van der Waals surface area contributed by atoms with Gasteiger partial charge in [-0.3, -0.25) is 14.6 Å². The van der Waals surface area contributed by atoms with Crippen molar-refractivity contribution in [3.8, 4) is 11.1 Å². The normalized spacial score (nSPS) is 11.1. The number of aromatic nitrogens is 3. The lowest BCUT2D eigenvalue weighted by atomic mass is 10.1. The summed E-state index contributed by atoms with van der Waals surface area (Å²) >= 11 is 1.15. The molecule has 0 saturated heterocycles. The molecular formula is C17H17N3O3S. The first-order valence-corrected chi connectivity index (χ1v) is 8.52. The molecule has 0 aliphatic rings. The molecule has 6 nitrogen and oxygen atoms in total. The number of nitrogens with one attached hydrogen (secondary N) is 2. The lowest BCUT2D eigenvalue weighted by molar-refractivity contribution is -0.144. The minimum absolute atomic E-state index is 0.0950. The summed E-state index contributed by atoms with van der Waals surface area (Å²) in [5, 5.41) is 0.394. The Morgan fingerprint density at radius 2 is 2.04 bits per heavy atom. The third kappa shape index (κ3) is 3.51. The van der Waals surface area contributed by atoms with E-state index < -0.39 is 0 Å². The number of carbonyl (C=O) groups excluding carboxylic acids is 1. The van der Waals surface area contributed by atoms with Gasteiger partial charge in [0.2, 0.25) is 0 Å². The van der Waals surface area contributed by atoms with Gasteiger partial charge in [-0.05, 0) is 19.4 Å². The van der Waals surface area contributed by atoms with E-state index in [1.54, 1.807) is 20.0 Å².